The van der Waals surface area contributed by atoms with Gasteiger partial charge in [0.25, 0.3) is 0 Å². The number of nitrogens with zero attached hydrogens (tertiary/aromatic N) is 4. The Balaban J connectivity index is 1.58. The van der Waals surface area contributed by atoms with Crippen molar-refractivity contribution in [2.75, 3.05) is 11.9 Å². The lowest BCUT2D eigenvalue weighted by atomic mass is 10.2. The average Bonchev–Trinajstić information content (AvgIpc) is 3.11. The molecule has 3 rings (SSSR count). The molecule has 7 nitrogen and oxygen atoms in total. The zero-order valence-electron chi connectivity index (χ0n) is 14.6. The standard InChI is InChI=1S/C19H21N5O2/c1-2-3-13-26-17-11-9-15(10-12-17)19-21-23-24(22-19)14-18(25)20-16-7-5-4-6-8-16/h4-12H,2-3,13-14H2,1H3,(H,20,25). The number of anilines is 1. The summed E-state index contributed by atoms with van der Waals surface area (Å²) >= 11 is 0. The van der Waals surface area contributed by atoms with E-state index in [1.165, 1.54) is 4.80 Å². The van der Waals surface area contributed by atoms with Crippen molar-refractivity contribution in [3.63, 3.8) is 0 Å². The topological polar surface area (TPSA) is 81.9 Å². The van der Waals surface area contributed by atoms with Crippen LogP contribution in [0.2, 0.25) is 0 Å². The second-order valence-electron chi connectivity index (χ2n) is 5.78. The lowest BCUT2D eigenvalue weighted by molar-refractivity contribution is -0.117. The van der Waals surface area contributed by atoms with Crippen molar-refractivity contribution >= 4 is 11.6 Å². The smallest absolute Gasteiger partial charge is 0.248 e. The Bertz CT molecular complexity index is 831. The van der Waals surface area contributed by atoms with Crippen LogP contribution in [-0.2, 0) is 11.3 Å². The number of amides is 1. The van der Waals surface area contributed by atoms with E-state index in [9.17, 15) is 4.79 Å². The maximum absolute atomic E-state index is 12.0. The maximum atomic E-state index is 12.0. The highest BCUT2D eigenvalue weighted by atomic mass is 16.5. The Labute approximate surface area is 152 Å². The molecule has 3 aromatic rings. The van der Waals surface area contributed by atoms with E-state index in [4.69, 9.17) is 4.74 Å². The minimum atomic E-state index is -0.208. The molecule has 0 spiro atoms. The van der Waals surface area contributed by atoms with E-state index >= 15 is 0 Å². The number of benzene rings is 2. The number of carbonyl (C=O) groups excluding carboxylic acids is 1. The predicted molar refractivity (Wildman–Crippen MR) is 98.7 cm³/mol. The third kappa shape index (κ3) is 4.89. The van der Waals surface area contributed by atoms with E-state index in [2.05, 4.69) is 27.7 Å². The Morgan fingerprint density at radius 1 is 1.12 bits per heavy atom. The van der Waals surface area contributed by atoms with Crippen LogP contribution in [0, 0.1) is 0 Å². The van der Waals surface area contributed by atoms with Crippen LogP contribution in [0.1, 0.15) is 19.8 Å². The Morgan fingerprint density at radius 3 is 2.62 bits per heavy atom. The molecule has 0 unspecified atom stereocenters. The molecule has 7 heteroatoms. The summed E-state index contributed by atoms with van der Waals surface area (Å²) in [6, 6.07) is 16.8. The van der Waals surface area contributed by atoms with Crippen LogP contribution >= 0.6 is 0 Å². The van der Waals surface area contributed by atoms with Gasteiger partial charge in [0.15, 0.2) is 0 Å². The Hall–Kier alpha value is -3.22. The fraction of sp³-hybridized carbons (Fsp3) is 0.263. The Kier molecular flexibility index (Phi) is 5.92. The quantitative estimate of drug-likeness (QED) is 0.631. The first-order valence-corrected chi connectivity index (χ1v) is 8.60. The fourth-order valence-electron chi connectivity index (χ4n) is 2.31. The van der Waals surface area contributed by atoms with Gasteiger partial charge in [-0.05, 0) is 48.0 Å². The monoisotopic (exact) mass is 351 g/mol. The molecule has 0 aliphatic carbocycles. The van der Waals surface area contributed by atoms with Gasteiger partial charge in [-0.15, -0.1) is 10.2 Å². The molecule has 0 fully saturated rings. The highest BCUT2D eigenvalue weighted by Gasteiger charge is 2.10. The summed E-state index contributed by atoms with van der Waals surface area (Å²) in [4.78, 5) is 13.3. The third-order valence-corrected chi connectivity index (χ3v) is 3.67. The van der Waals surface area contributed by atoms with E-state index in [1.54, 1.807) is 0 Å². The van der Waals surface area contributed by atoms with Crippen molar-refractivity contribution in [3.8, 4) is 17.1 Å². The van der Waals surface area contributed by atoms with Crippen molar-refractivity contribution < 1.29 is 9.53 Å². The molecule has 1 amide bonds. The van der Waals surface area contributed by atoms with Crippen LogP contribution in [0.5, 0.6) is 5.75 Å². The molecule has 0 radical (unpaired) electrons. The van der Waals surface area contributed by atoms with E-state index in [1.807, 2.05) is 54.6 Å². The molecule has 0 saturated heterocycles. The molecule has 1 N–H and O–H groups in total. The van der Waals surface area contributed by atoms with Crippen molar-refractivity contribution in [2.45, 2.75) is 26.3 Å². The second kappa shape index (κ2) is 8.75. The summed E-state index contributed by atoms with van der Waals surface area (Å²) in [6.07, 6.45) is 2.13. The molecule has 0 atom stereocenters. The molecule has 134 valence electrons. The van der Waals surface area contributed by atoms with Crippen molar-refractivity contribution in [3.05, 3.63) is 54.6 Å². The fourth-order valence-corrected chi connectivity index (χ4v) is 2.31. The van der Waals surface area contributed by atoms with Gasteiger partial charge in [0.2, 0.25) is 11.7 Å². The van der Waals surface area contributed by atoms with Crippen LogP contribution in [0.4, 0.5) is 5.69 Å². The number of ether oxygens (including phenoxy) is 1. The molecular weight excluding hydrogens is 330 g/mol. The summed E-state index contributed by atoms with van der Waals surface area (Å²) in [5, 5.41) is 15.0. The van der Waals surface area contributed by atoms with Crippen molar-refractivity contribution in [1.29, 1.82) is 0 Å². The Morgan fingerprint density at radius 2 is 1.88 bits per heavy atom. The second-order valence-corrected chi connectivity index (χ2v) is 5.78. The van der Waals surface area contributed by atoms with Crippen LogP contribution in [0.15, 0.2) is 54.6 Å². The lowest BCUT2D eigenvalue weighted by Crippen LogP contribution is -2.20. The first-order valence-electron chi connectivity index (χ1n) is 8.60. The first-order chi connectivity index (χ1) is 12.7. The minimum absolute atomic E-state index is 0.000106. The van der Waals surface area contributed by atoms with Gasteiger partial charge < -0.3 is 10.1 Å². The molecular formula is C19H21N5O2. The summed E-state index contributed by atoms with van der Waals surface area (Å²) in [5.41, 5.74) is 1.55. The largest absolute Gasteiger partial charge is 0.494 e. The van der Waals surface area contributed by atoms with E-state index in [0.717, 1.165) is 29.8 Å². The number of carbonyl (C=O) groups is 1. The van der Waals surface area contributed by atoms with Gasteiger partial charge in [0.05, 0.1) is 6.61 Å². The van der Waals surface area contributed by atoms with Crippen LogP contribution < -0.4 is 10.1 Å². The first kappa shape index (κ1) is 17.6. The lowest BCUT2D eigenvalue weighted by Gasteiger charge is -2.05. The van der Waals surface area contributed by atoms with Gasteiger partial charge in [-0.2, -0.15) is 4.80 Å². The molecule has 0 aliphatic rings. The number of rotatable bonds is 8. The average molecular weight is 351 g/mol. The number of hydrogen-bond donors (Lipinski definition) is 1. The summed E-state index contributed by atoms with van der Waals surface area (Å²) in [7, 11) is 0. The number of tetrazole rings is 1. The minimum Gasteiger partial charge on any atom is -0.494 e. The van der Waals surface area contributed by atoms with Gasteiger partial charge in [-0.1, -0.05) is 31.5 Å². The predicted octanol–water partition coefficient (Wildman–Crippen LogP) is 3.16. The highest BCUT2D eigenvalue weighted by molar-refractivity contribution is 5.90. The highest BCUT2D eigenvalue weighted by Crippen LogP contribution is 2.19. The molecule has 0 saturated carbocycles. The zero-order chi connectivity index (χ0) is 18.2. The number of aromatic nitrogens is 4. The van der Waals surface area contributed by atoms with Crippen LogP contribution in [0.3, 0.4) is 0 Å². The number of nitrogens with one attached hydrogen (secondary N) is 1. The van der Waals surface area contributed by atoms with E-state index < -0.39 is 0 Å². The molecule has 1 heterocycles. The van der Waals surface area contributed by atoms with E-state index in [-0.39, 0.29) is 12.5 Å². The van der Waals surface area contributed by atoms with Gasteiger partial charge in [0, 0.05) is 11.3 Å². The van der Waals surface area contributed by atoms with Crippen LogP contribution in [0.25, 0.3) is 11.4 Å². The van der Waals surface area contributed by atoms with Crippen LogP contribution in [-0.4, -0.2) is 32.7 Å². The van der Waals surface area contributed by atoms with Crippen molar-refractivity contribution in [1.82, 2.24) is 20.2 Å². The third-order valence-electron chi connectivity index (χ3n) is 3.67. The van der Waals surface area contributed by atoms with Gasteiger partial charge in [0.1, 0.15) is 12.3 Å². The number of para-hydroxylation sites is 1. The van der Waals surface area contributed by atoms with Gasteiger partial charge >= 0.3 is 0 Å². The van der Waals surface area contributed by atoms with Gasteiger partial charge in [-0.3, -0.25) is 4.79 Å². The summed E-state index contributed by atoms with van der Waals surface area (Å²) in [6.45, 7) is 2.84. The summed E-state index contributed by atoms with van der Waals surface area (Å²) in [5.74, 6) is 1.08. The zero-order valence-corrected chi connectivity index (χ0v) is 14.6. The van der Waals surface area contributed by atoms with E-state index in [0.29, 0.717) is 12.4 Å². The molecule has 26 heavy (non-hydrogen) atoms. The van der Waals surface area contributed by atoms with Crippen molar-refractivity contribution in [2.24, 2.45) is 0 Å². The SMILES string of the molecule is CCCCOc1ccc(-c2nnn(CC(=O)Nc3ccccc3)n2)cc1. The van der Waals surface area contributed by atoms with Gasteiger partial charge in [-0.25, -0.2) is 0 Å². The molecule has 1 aromatic heterocycles. The number of unbranched alkanes of at least 4 members (excludes halogenated alkanes) is 1. The molecule has 2 aromatic carbocycles. The maximum Gasteiger partial charge on any atom is 0.248 e. The summed E-state index contributed by atoms with van der Waals surface area (Å²) < 4.78 is 5.64. The normalized spacial score (nSPS) is 10.5. The number of hydrogen-bond acceptors (Lipinski definition) is 5. The molecule has 0 aliphatic heterocycles. The molecule has 0 bridgehead atoms.